The number of hydrogen-bond donors (Lipinski definition) is 2. The van der Waals surface area contributed by atoms with Gasteiger partial charge in [-0.1, -0.05) is 83.2 Å². The van der Waals surface area contributed by atoms with E-state index in [1.165, 1.54) is 28.7 Å². The number of benzene rings is 2. The van der Waals surface area contributed by atoms with Crippen molar-refractivity contribution < 1.29 is 4.79 Å². The second-order valence-corrected chi connectivity index (χ2v) is 9.12. The lowest BCUT2D eigenvalue weighted by atomic mass is 10.2. The normalized spacial score (nSPS) is 10.7. The van der Waals surface area contributed by atoms with Crippen LogP contribution in [0.15, 0.2) is 71.2 Å². The van der Waals surface area contributed by atoms with Crippen LogP contribution in [0.1, 0.15) is 11.1 Å². The van der Waals surface area contributed by atoms with Crippen LogP contribution in [0.3, 0.4) is 0 Å². The SMILES string of the molecule is O=C(CSc1nnc(NCc2ccccc2)s1)Nc1ccnn1Cc1ccccc1Cl. The Morgan fingerprint density at radius 1 is 1.06 bits per heavy atom. The number of amides is 1. The lowest BCUT2D eigenvalue weighted by Gasteiger charge is -2.09. The Labute approximate surface area is 192 Å². The number of carbonyl (C=O) groups excluding carboxylic acids is 1. The summed E-state index contributed by atoms with van der Waals surface area (Å²) in [5, 5.41) is 20.1. The van der Waals surface area contributed by atoms with Gasteiger partial charge >= 0.3 is 0 Å². The molecule has 158 valence electrons. The minimum absolute atomic E-state index is 0.139. The summed E-state index contributed by atoms with van der Waals surface area (Å²) in [5.41, 5.74) is 2.10. The van der Waals surface area contributed by atoms with Crippen molar-refractivity contribution in [2.75, 3.05) is 16.4 Å². The highest BCUT2D eigenvalue weighted by atomic mass is 35.5. The van der Waals surface area contributed by atoms with Crippen LogP contribution in [-0.2, 0) is 17.9 Å². The Hall–Kier alpha value is -2.88. The van der Waals surface area contributed by atoms with E-state index in [0.717, 1.165) is 15.0 Å². The second kappa shape index (κ2) is 10.4. The van der Waals surface area contributed by atoms with Crippen molar-refractivity contribution in [3.05, 3.63) is 83.0 Å². The van der Waals surface area contributed by atoms with Crippen molar-refractivity contribution in [2.24, 2.45) is 0 Å². The van der Waals surface area contributed by atoms with Crippen LogP contribution in [0, 0.1) is 0 Å². The molecule has 0 bridgehead atoms. The fourth-order valence-electron chi connectivity index (χ4n) is 2.77. The van der Waals surface area contributed by atoms with Gasteiger partial charge in [-0.05, 0) is 17.2 Å². The summed E-state index contributed by atoms with van der Waals surface area (Å²) >= 11 is 9.00. The number of anilines is 2. The summed E-state index contributed by atoms with van der Waals surface area (Å²) in [6.07, 6.45) is 1.65. The van der Waals surface area contributed by atoms with Crippen molar-refractivity contribution in [3.8, 4) is 0 Å². The molecule has 0 atom stereocenters. The Kier molecular flexibility index (Phi) is 7.18. The van der Waals surface area contributed by atoms with E-state index in [1.807, 2.05) is 54.6 Å². The van der Waals surface area contributed by atoms with Crippen molar-refractivity contribution in [3.63, 3.8) is 0 Å². The molecule has 0 fully saturated rings. The Morgan fingerprint density at radius 3 is 2.71 bits per heavy atom. The molecule has 4 rings (SSSR count). The number of rotatable bonds is 9. The molecule has 0 aliphatic rings. The number of thioether (sulfide) groups is 1. The summed E-state index contributed by atoms with van der Waals surface area (Å²) in [6.45, 7) is 1.15. The molecule has 0 spiro atoms. The average Bonchev–Trinajstić information content (AvgIpc) is 3.42. The fraction of sp³-hybridized carbons (Fsp3) is 0.143. The van der Waals surface area contributed by atoms with E-state index in [9.17, 15) is 4.79 Å². The molecule has 2 aromatic carbocycles. The monoisotopic (exact) mass is 470 g/mol. The first-order valence-corrected chi connectivity index (χ1v) is 11.6. The summed E-state index contributed by atoms with van der Waals surface area (Å²) < 4.78 is 2.44. The van der Waals surface area contributed by atoms with Crippen LogP contribution in [0.2, 0.25) is 5.02 Å². The van der Waals surface area contributed by atoms with Crippen LogP contribution in [0.5, 0.6) is 0 Å². The van der Waals surface area contributed by atoms with Crippen molar-refractivity contribution in [1.82, 2.24) is 20.0 Å². The number of nitrogens with zero attached hydrogens (tertiary/aromatic N) is 4. The highest BCUT2D eigenvalue weighted by Gasteiger charge is 2.12. The molecule has 2 N–H and O–H groups in total. The van der Waals surface area contributed by atoms with Gasteiger partial charge in [0.15, 0.2) is 4.34 Å². The number of carbonyl (C=O) groups is 1. The zero-order chi connectivity index (χ0) is 21.5. The maximum atomic E-state index is 12.4. The van der Waals surface area contributed by atoms with Crippen molar-refractivity contribution in [1.29, 1.82) is 0 Å². The van der Waals surface area contributed by atoms with Gasteiger partial charge in [0.1, 0.15) is 5.82 Å². The molecule has 0 radical (unpaired) electrons. The van der Waals surface area contributed by atoms with Gasteiger partial charge in [0.05, 0.1) is 18.5 Å². The highest BCUT2D eigenvalue weighted by Crippen LogP contribution is 2.26. The van der Waals surface area contributed by atoms with Crippen LogP contribution in [0.4, 0.5) is 10.9 Å². The van der Waals surface area contributed by atoms with Gasteiger partial charge in [-0.15, -0.1) is 10.2 Å². The third kappa shape index (κ3) is 6.06. The predicted octanol–water partition coefficient (Wildman–Crippen LogP) is 4.78. The summed E-state index contributed by atoms with van der Waals surface area (Å²) in [7, 11) is 0. The lowest BCUT2D eigenvalue weighted by molar-refractivity contribution is -0.113. The van der Waals surface area contributed by atoms with Gasteiger partial charge in [-0.2, -0.15) is 5.10 Å². The molecule has 1 amide bonds. The van der Waals surface area contributed by atoms with Crippen LogP contribution in [0.25, 0.3) is 0 Å². The molecule has 2 aromatic heterocycles. The molecule has 0 saturated carbocycles. The summed E-state index contributed by atoms with van der Waals surface area (Å²) in [5.74, 6) is 0.706. The van der Waals surface area contributed by atoms with E-state index >= 15 is 0 Å². The van der Waals surface area contributed by atoms with E-state index in [4.69, 9.17) is 11.6 Å². The van der Waals surface area contributed by atoms with E-state index in [1.54, 1.807) is 16.9 Å². The maximum Gasteiger partial charge on any atom is 0.235 e. The highest BCUT2D eigenvalue weighted by molar-refractivity contribution is 8.01. The quantitative estimate of drug-likeness (QED) is 0.342. The van der Waals surface area contributed by atoms with Crippen LogP contribution < -0.4 is 10.6 Å². The molecule has 4 aromatic rings. The van der Waals surface area contributed by atoms with Crippen LogP contribution in [-0.4, -0.2) is 31.6 Å². The number of halogens is 1. The molecule has 31 heavy (non-hydrogen) atoms. The van der Waals surface area contributed by atoms with Gasteiger partial charge in [0.25, 0.3) is 0 Å². The molecule has 2 heterocycles. The topological polar surface area (TPSA) is 84.7 Å². The molecule has 0 unspecified atom stereocenters. The van der Waals surface area contributed by atoms with Gasteiger partial charge in [-0.25, -0.2) is 4.68 Å². The van der Waals surface area contributed by atoms with E-state index in [-0.39, 0.29) is 11.7 Å². The molecule has 0 saturated heterocycles. The van der Waals surface area contributed by atoms with Crippen LogP contribution >= 0.6 is 34.7 Å². The van der Waals surface area contributed by atoms with E-state index in [2.05, 4.69) is 25.9 Å². The summed E-state index contributed by atoms with van der Waals surface area (Å²) in [4.78, 5) is 12.4. The average molecular weight is 471 g/mol. The maximum absolute atomic E-state index is 12.4. The zero-order valence-corrected chi connectivity index (χ0v) is 18.8. The predicted molar refractivity (Wildman–Crippen MR) is 126 cm³/mol. The standard InChI is InChI=1S/C21H19ClN6OS2/c22-17-9-5-4-8-16(17)13-28-18(10-11-24-28)25-19(29)14-30-21-27-26-20(31-21)23-12-15-6-2-1-3-7-15/h1-11H,12-14H2,(H,23,26)(H,25,29). The molecule has 0 aliphatic heterocycles. The third-order valence-electron chi connectivity index (χ3n) is 4.28. The summed E-state index contributed by atoms with van der Waals surface area (Å²) in [6, 6.07) is 19.4. The van der Waals surface area contributed by atoms with Gasteiger partial charge in [0.2, 0.25) is 11.0 Å². The molecule has 0 aliphatic carbocycles. The van der Waals surface area contributed by atoms with Gasteiger partial charge in [0, 0.05) is 17.6 Å². The minimum atomic E-state index is -0.139. The molecule has 7 nitrogen and oxygen atoms in total. The van der Waals surface area contributed by atoms with E-state index < -0.39 is 0 Å². The first-order valence-electron chi connectivity index (χ1n) is 9.46. The van der Waals surface area contributed by atoms with E-state index in [0.29, 0.717) is 23.9 Å². The molecular formula is C21H19ClN6OS2. The van der Waals surface area contributed by atoms with Gasteiger partial charge in [-0.3, -0.25) is 4.79 Å². The third-order valence-corrected chi connectivity index (χ3v) is 6.66. The Balaban J connectivity index is 1.27. The van der Waals surface area contributed by atoms with Crippen molar-refractivity contribution in [2.45, 2.75) is 17.4 Å². The Morgan fingerprint density at radius 2 is 1.87 bits per heavy atom. The fourth-order valence-corrected chi connectivity index (χ4v) is 4.52. The first-order chi connectivity index (χ1) is 15.2. The smallest absolute Gasteiger partial charge is 0.235 e. The second-order valence-electron chi connectivity index (χ2n) is 6.51. The number of nitrogens with one attached hydrogen (secondary N) is 2. The largest absolute Gasteiger partial charge is 0.356 e. The minimum Gasteiger partial charge on any atom is -0.356 e. The van der Waals surface area contributed by atoms with Crippen molar-refractivity contribution >= 4 is 51.6 Å². The zero-order valence-electron chi connectivity index (χ0n) is 16.4. The molecular weight excluding hydrogens is 452 g/mol. The number of aromatic nitrogens is 4. The lowest BCUT2D eigenvalue weighted by Crippen LogP contribution is -2.17. The molecule has 10 heteroatoms. The number of hydrogen-bond acceptors (Lipinski definition) is 7. The Bertz CT molecular complexity index is 1150. The first kappa shape index (κ1) is 21.4. The van der Waals surface area contributed by atoms with Gasteiger partial charge < -0.3 is 10.6 Å².